The van der Waals surface area contributed by atoms with E-state index in [1.54, 1.807) is 12.5 Å². The Bertz CT molecular complexity index is 1270. The van der Waals surface area contributed by atoms with Crippen LogP contribution in [0.2, 0.25) is 0 Å². The molecule has 9 heteroatoms. The number of amidine groups is 1. The topological polar surface area (TPSA) is 132 Å². The van der Waals surface area contributed by atoms with Gasteiger partial charge in [-0.2, -0.15) is 0 Å². The van der Waals surface area contributed by atoms with Gasteiger partial charge in [-0.3, -0.25) is 4.79 Å². The summed E-state index contributed by atoms with van der Waals surface area (Å²) in [6, 6.07) is 5.57. The third kappa shape index (κ3) is 3.08. The van der Waals surface area contributed by atoms with E-state index in [0.29, 0.717) is 6.61 Å². The van der Waals surface area contributed by atoms with Crippen LogP contribution in [0, 0.1) is 5.92 Å². The van der Waals surface area contributed by atoms with E-state index in [1.165, 1.54) is 5.57 Å². The zero-order valence-electron chi connectivity index (χ0n) is 17.4. The van der Waals surface area contributed by atoms with Gasteiger partial charge in [-0.15, -0.1) is 0 Å². The van der Waals surface area contributed by atoms with E-state index in [9.17, 15) is 4.79 Å². The van der Waals surface area contributed by atoms with Crippen molar-refractivity contribution in [1.29, 1.82) is 0 Å². The van der Waals surface area contributed by atoms with E-state index in [0.717, 1.165) is 65.1 Å². The summed E-state index contributed by atoms with van der Waals surface area (Å²) < 4.78 is 5.84. The summed E-state index contributed by atoms with van der Waals surface area (Å²) in [6.07, 6.45) is 8.18. The lowest BCUT2D eigenvalue weighted by molar-refractivity contribution is -0.120. The summed E-state index contributed by atoms with van der Waals surface area (Å²) in [4.78, 5) is 27.4. The van der Waals surface area contributed by atoms with Gasteiger partial charge in [0.05, 0.1) is 16.9 Å². The van der Waals surface area contributed by atoms with Gasteiger partial charge < -0.3 is 26.4 Å². The molecule has 1 saturated carbocycles. The molecule has 1 unspecified atom stereocenters. The molecule has 0 spiro atoms. The SMILES string of the molecule is NC(=O)C(NC1=COCC2=C3C1=CN=C(c1ccc4nc(N)ncc4c1)N3CC2)C1CC1. The fourth-order valence-corrected chi connectivity index (χ4v) is 4.65. The fourth-order valence-electron chi connectivity index (χ4n) is 4.65. The smallest absolute Gasteiger partial charge is 0.240 e. The molecule has 32 heavy (non-hydrogen) atoms. The third-order valence-electron chi connectivity index (χ3n) is 6.39. The molecule has 1 amide bonds. The molecule has 1 aromatic heterocycles. The lowest BCUT2D eigenvalue weighted by Crippen LogP contribution is -2.43. The van der Waals surface area contributed by atoms with Crippen molar-refractivity contribution in [1.82, 2.24) is 20.2 Å². The molecule has 6 rings (SSSR count). The lowest BCUT2D eigenvalue weighted by Gasteiger charge is -2.30. The zero-order chi connectivity index (χ0) is 21.8. The van der Waals surface area contributed by atoms with E-state index in [-0.39, 0.29) is 17.8 Å². The molecule has 3 aliphatic heterocycles. The average Bonchev–Trinajstić information content (AvgIpc) is 3.56. The van der Waals surface area contributed by atoms with Gasteiger partial charge in [0.25, 0.3) is 0 Å². The number of nitrogens with zero attached hydrogens (tertiary/aromatic N) is 4. The number of carbonyl (C=O) groups excluding carboxylic acids is 1. The summed E-state index contributed by atoms with van der Waals surface area (Å²) in [5.41, 5.74) is 17.1. The summed E-state index contributed by atoms with van der Waals surface area (Å²) in [5, 5.41) is 4.25. The highest BCUT2D eigenvalue weighted by Crippen LogP contribution is 2.39. The monoisotopic (exact) mass is 429 g/mol. The first-order chi connectivity index (χ1) is 15.6. The predicted molar refractivity (Wildman–Crippen MR) is 120 cm³/mol. The zero-order valence-corrected chi connectivity index (χ0v) is 17.4. The van der Waals surface area contributed by atoms with E-state index < -0.39 is 6.04 Å². The first-order valence-electron chi connectivity index (χ1n) is 10.8. The van der Waals surface area contributed by atoms with Crippen LogP contribution in [-0.4, -0.2) is 45.8 Å². The second-order valence-electron chi connectivity index (χ2n) is 8.56. The van der Waals surface area contributed by atoms with Crippen LogP contribution in [0.3, 0.4) is 0 Å². The molecule has 2 aromatic rings. The van der Waals surface area contributed by atoms with Crippen LogP contribution in [0.5, 0.6) is 0 Å². The number of nitrogens with one attached hydrogen (secondary N) is 1. The van der Waals surface area contributed by atoms with Gasteiger partial charge in [-0.25, -0.2) is 15.0 Å². The first kappa shape index (κ1) is 18.9. The Morgan fingerprint density at radius 3 is 3.00 bits per heavy atom. The molecular weight excluding hydrogens is 406 g/mol. The maximum atomic E-state index is 12.0. The Morgan fingerprint density at radius 1 is 1.31 bits per heavy atom. The van der Waals surface area contributed by atoms with Crippen molar-refractivity contribution in [3.63, 3.8) is 0 Å². The molecule has 1 fully saturated rings. The van der Waals surface area contributed by atoms with Crippen LogP contribution in [0.4, 0.5) is 5.95 Å². The molecule has 4 heterocycles. The number of anilines is 1. The van der Waals surface area contributed by atoms with Gasteiger partial charge in [-0.1, -0.05) is 0 Å². The lowest BCUT2D eigenvalue weighted by atomic mass is 10.0. The standard InChI is InChI=1S/C23H23N7O2/c24-21(31)19(12-1-2-12)28-18-11-32-10-14-5-6-30-20(14)16(18)9-26-22(30)13-3-4-17-15(7-13)8-27-23(25)29-17/h3-4,7-9,11-12,19,28H,1-2,5-6,10H2,(H2,24,31)(H2,25,27,29). The van der Waals surface area contributed by atoms with Crippen molar-refractivity contribution in [3.8, 4) is 0 Å². The Kier molecular flexibility index (Phi) is 4.17. The molecular formula is C23H23N7O2. The van der Waals surface area contributed by atoms with Crippen molar-refractivity contribution >= 4 is 28.6 Å². The molecule has 1 aromatic carbocycles. The number of carbonyl (C=O) groups is 1. The van der Waals surface area contributed by atoms with Crippen LogP contribution in [0.25, 0.3) is 10.9 Å². The van der Waals surface area contributed by atoms with E-state index >= 15 is 0 Å². The maximum absolute atomic E-state index is 12.0. The largest absolute Gasteiger partial charge is 0.495 e. The quantitative estimate of drug-likeness (QED) is 0.657. The first-order valence-corrected chi connectivity index (χ1v) is 10.8. The molecule has 162 valence electrons. The number of amides is 1. The highest BCUT2D eigenvalue weighted by Gasteiger charge is 2.39. The van der Waals surface area contributed by atoms with Crippen molar-refractivity contribution in [2.45, 2.75) is 25.3 Å². The van der Waals surface area contributed by atoms with Gasteiger partial charge in [0.2, 0.25) is 11.9 Å². The summed E-state index contributed by atoms with van der Waals surface area (Å²) in [5.74, 6) is 1.07. The normalized spacial score (nSPS) is 20.6. The number of fused-ring (bicyclic) bond motifs is 1. The number of aromatic nitrogens is 2. The number of ether oxygens (including phenoxy) is 1. The second kappa shape index (κ2) is 7.08. The predicted octanol–water partition coefficient (Wildman–Crippen LogP) is 1.54. The highest BCUT2D eigenvalue weighted by molar-refractivity contribution is 6.04. The van der Waals surface area contributed by atoms with Gasteiger partial charge in [0.1, 0.15) is 24.7 Å². The molecule has 4 aliphatic rings. The number of hydrogen-bond acceptors (Lipinski definition) is 8. The summed E-state index contributed by atoms with van der Waals surface area (Å²) in [6.45, 7) is 1.33. The van der Waals surface area contributed by atoms with Crippen molar-refractivity contribution in [2.24, 2.45) is 16.6 Å². The van der Waals surface area contributed by atoms with Crippen LogP contribution in [0.15, 0.2) is 64.4 Å². The summed E-state index contributed by atoms with van der Waals surface area (Å²) >= 11 is 0. The molecule has 0 radical (unpaired) electrons. The van der Waals surface area contributed by atoms with E-state index in [2.05, 4.69) is 20.2 Å². The van der Waals surface area contributed by atoms with Crippen molar-refractivity contribution in [2.75, 3.05) is 18.9 Å². The fraction of sp³-hybridized carbons (Fsp3) is 0.304. The van der Waals surface area contributed by atoms with Crippen LogP contribution < -0.4 is 16.8 Å². The molecule has 5 N–H and O–H groups in total. The minimum Gasteiger partial charge on any atom is -0.495 e. The third-order valence-corrected chi connectivity index (χ3v) is 6.39. The summed E-state index contributed by atoms with van der Waals surface area (Å²) in [7, 11) is 0. The van der Waals surface area contributed by atoms with E-state index in [4.69, 9.17) is 21.2 Å². The minimum absolute atomic E-state index is 0.257. The molecule has 1 atom stereocenters. The van der Waals surface area contributed by atoms with Crippen LogP contribution in [0.1, 0.15) is 24.8 Å². The van der Waals surface area contributed by atoms with Crippen molar-refractivity contribution in [3.05, 3.63) is 65.0 Å². The Labute approximate surface area is 184 Å². The minimum atomic E-state index is -0.402. The number of nitrogens with two attached hydrogens (primary N) is 2. The molecule has 1 aliphatic carbocycles. The van der Waals surface area contributed by atoms with E-state index in [1.807, 2.05) is 24.4 Å². The Hall–Kier alpha value is -3.88. The second-order valence-corrected chi connectivity index (χ2v) is 8.56. The number of hydrogen-bond donors (Lipinski definition) is 3. The maximum Gasteiger partial charge on any atom is 0.240 e. The molecule has 0 saturated heterocycles. The highest BCUT2D eigenvalue weighted by atomic mass is 16.5. The molecule has 9 nitrogen and oxygen atoms in total. The van der Waals surface area contributed by atoms with Gasteiger partial charge in [0.15, 0.2) is 0 Å². The van der Waals surface area contributed by atoms with Gasteiger partial charge >= 0.3 is 0 Å². The Morgan fingerprint density at radius 2 is 2.19 bits per heavy atom. The van der Waals surface area contributed by atoms with Crippen LogP contribution in [-0.2, 0) is 9.53 Å². The average molecular weight is 429 g/mol. The number of primary amides is 1. The number of nitrogen functional groups attached to an aromatic ring is 1. The van der Waals surface area contributed by atoms with Gasteiger partial charge in [-0.05, 0) is 49.0 Å². The van der Waals surface area contributed by atoms with Gasteiger partial charge in [0, 0.05) is 35.5 Å². The molecule has 0 bridgehead atoms. The van der Waals surface area contributed by atoms with Crippen LogP contribution >= 0.6 is 0 Å². The van der Waals surface area contributed by atoms with Crippen molar-refractivity contribution < 1.29 is 9.53 Å². The number of rotatable bonds is 5. The number of benzene rings is 1. The number of aliphatic imine (C=N–C) groups is 1. The Balaban J connectivity index is 1.39.